The quantitative estimate of drug-likeness (QED) is 0.356. The van der Waals surface area contributed by atoms with Gasteiger partial charge in [0.25, 0.3) is 0 Å². The molecule has 1 aliphatic heterocycles. The monoisotopic (exact) mass is 430 g/mol. The Morgan fingerprint density at radius 1 is 0.903 bits per heavy atom. The second-order valence-electron chi connectivity index (χ2n) is 9.53. The van der Waals surface area contributed by atoms with Gasteiger partial charge >= 0.3 is 0 Å². The lowest BCUT2D eigenvalue weighted by Gasteiger charge is -2.47. The van der Waals surface area contributed by atoms with E-state index in [4.69, 9.17) is 4.43 Å². The van der Waals surface area contributed by atoms with Crippen molar-refractivity contribution < 1.29 is 4.43 Å². The average molecular weight is 431 g/mol. The normalized spacial score (nSPS) is 16.7. The highest BCUT2D eigenvalue weighted by atomic mass is 28.4. The second kappa shape index (κ2) is 8.52. The molecule has 1 atom stereocenters. The largest absolute Gasteiger partial charge is 0.381 e. The van der Waals surface area contributed by atoms with Crippen molar-refractivity contribution in [1.29, 1.82) is 0 Å². The van der Waals surface area contributed by atoms with Gasteiger partial charge in [-0.25, -0.2) is 0 Å². The van der Waals surface area contributed by atoms with Crippen LogP contribution in [0.2, 0.25) is 18.1 Å². The number of fused-ring (bicyclic) bond motifs is 1. The second-order valence-corrected chi connectivity index (χ2v) is 14.1. The van der Waals surface area contributed by atoms with Crippen LogP contribution in [0.3, 0.4) is 0 Å². The fourth-order valence-corrected chi connectivity index (χ4v) is 6.25. The van der Waals surface area contributed by atoms with Gasteiger partial charge in [-0.1, -0.05) is 75.7 Å². The first-order valence-corrected chi connectivity index (χ1v) is 14.2. The molecule has 0 saturated heterocycles. The van der Waals surface area contributed by atoms with Crippen LogP contribution in [0.1, 0.15) is 51.2 Å². The van der Waals surface area contributed by atoms with Crippen molar-refractivity contribution in [3.63, 3.8) is 0 Å². The van der Waals surface area contributed by atoms with Crippen LogP contribution in [-0.4, -0.2) is 12.9 Å². The molecule has 0 N–H and O–H groups in total. The maximum Gasteiger partial charge on any atom is 0.209 e. The summed E-state index contributed by atoms with van der Waals surface area (Å²) in [7, 11) is -2.08. The molecule has 31 heavy (non-hydrogen) atoms. The van der Waals surface area contributed by atoms with Gasteiger partial charge in [-0.15, -0.1) is 0 Å². The molecule has 3 nitrogen and oxygen atoms in total. The van der Waals surface area contributed by atoms with Crippen molar-refractivity contribution in [1.82, 2.24) is 4.57 Å². The van der Waals surface area contributed by atoms with Crippen molar-refractivity contribution in [2.24, 2.45) is 0 Å². The van der Waals surface area contributed by atoms with Crippen molar-refractivity contribution >= 4 is 25.8 Å². The summed E-state index contributed by atoms with van der Waals surface area (Å²) in [5.41, 5.74) is 4.68. The standard InChI is InChI=1S/C27H34N2OSi/c1-6-19-27(2,3)31(4,5)30-26-28-20-13-18-24(28)21-25(22-14-9-7-10-15-22)29(26)23-16-11-8-12-17-23/h7-18,20-21,26H,6,19H2,1-5H3. The van der Waals surface area contributed by atoms with E-state index in [-0.39, 0.29) is 11.4 Å². The zero-order valence-corrected chi connectivity index (χ0v) is 20.4. The topological polar surface area (TPSA) is 17.4 Å². The fraction of sp³-hybridized carbons (Fsp3) is 0.333. The molecule has 162 valence electrons. The number of benzene rings is 2. The number of aromatic nitrogens is 1. The molecule has 3 aromatic rings. The van der Waals surface area contributed by atoms with Crippen molar-refractivity contribution in [3.05, 3.63) is 90.3 Å². The van der Waals surface area contributed by atoms with Gasteiger partial charge in [-0.2, -0.15) is 0 Å². The van der Waals surface area contributed by atoms with Crippen molar-refractivity contribution in [3.8, 4) is 0 Å². The van der Waals surface area contributed by atoms with Crippen molar-refractivity contribution in [2.75, 3.05) is 4.90 Å². The van der Waals surface area contributed by atoms with E-state index >= 15 is 0 Å². The number of rotatable bonds is 7. The zero-order chi connectivity index (χ0) is 22.1. The number of hydrogen-bond donors (Lipinski definition) is 0. The Hall–Kier alpha value is -2.56. The van der Waals surface area contributed by atoms with E-state index in [1.807, 2.05) is 0 Å². The van der Waals surface area contributed by atoms with Gasteiger partial charge in [-0.3, -0.25) is 4.90 Å². The van der Waals surface area contributed by atoms with E-state index in [1.165, 1.54) is 29.8 Å². The Labute approximate surface area is 188 Å². The van der Waals surface area contributed by atoms with Crippen LogP contribution >= 0.6 is 0 Å². The van der Waals surface area contributed by atoms with Gasteiger partial charge in [0, 0.05) is 17.6 Å². The zero-order valence-electron chi connectivity index (χ0n) is 19.4. The minimum absolute atomic E-state index is 0.172. The smallest absolute Gasteiger partial charge is 0.209 e. The first-order chi connectivity index (χ1) is 14.8. The van der Waals surface area contributed by atoms with Crippen molar-refractivity contribution in [2.45, 2.75) is 58.1 Å². The Morgan fingerprint density at radius 3 is 2.19 bits per heavy atom. The Balaban J connectivity index is 1.85. The SMILES string of the molecule is CCCC(C)(C)[Si](C)(C)OC1N(c2ccccc2)C(c2ccccc2)=Cc2cccn21. The van der Waals surface area contributed by atoms with E-state index in [0.717, 1.165) is 5.69 Å². The van der Waals surface area contributed by atoms with Crippen LogP contribution in [0, 0.1) is 0 Å². The molecule has 1 unspecified atom stereocenters. The third-order valence-electron chi connectivity index (χ3n) is 6.82. The maximum atomic E-state index is 7.19. The minimum Gasteiger partial charge on any atom is -0.381 e. The molecule has 0 fully saturated rings. The lowest BCUT2D eigenvalue weighted by molar-refractivity contribution is 0.117. The Kier molecular flexibility index (Phi) is 5.95. The summed E-state index contributed by atoms with van der Waals surface area (Å²) in [4.78, 5) is 2.36. The van der Waals surface area contributed by atoms with E-state index in [1.54, 1.807) is 0 Å². The Morgan fingerprint density at radius 2 is 1.55 bits per heavy atom. The molecule has 4 rings (SSSR count). The lowest BCUT2D eigenvalue weighted by Crippen LogP contribution is -2.49. The van der Waals surface area contributed by atoms with Crippen LogP contribution in [0.25, 0.3) is 11.8 Å². The van der Waals surface area contributed by atoms with Gasteiger partial charge in [0.15, 0.2) is 8.32 Å². The molecule has 0 spiro atoms. The summed E-state index contributed by atoms with van der Waals surface area (Å²) in [5.74, 6) is 0. The molecular weight excluding hydrogens is 396 g/mol. The lowest BCUT2D eigenvalue weighted by atomic mass is 10.1. The fourth-order valence-electron chi connectivity index (χ4n) is 4.33. The minimum atomic E-state index is -2.08. The predicted octanol–water partition coefficient (Wildman–Crippen LogP) is 7.76. The summed E-state index contributed by atoms with van der Waals surface area (Å²) in [6, 6.07) is 25.5. The first-order valence-electron chi connectivity index (χ1n) is 11.3. The van der Waals surface area contributed by atoms with Gasteiger partial charge in [0.05, 0.1) is 5.70 Å². The van der Waals surface area contributed by atoms with Crippen LogP contribution in [-0.2, 0) is 4.43 Å². The molecule has 0 radical (unpaired) electrons. The molecule has 1 aromatic heterocycles. The van der Waals surface area contributed by atoms with Gasteiger partial charge in [0.1, 0.15) is 0 Å². The maximum absolute atomic E-state index is 7.19. The van der Waals surface area contributed by atoms with Crippen LogP contribution in [0.5, 0.6) is 0 Å². The summed E-state index contributed by atoms with van der Waals surface area (Å²) >= 11 is 0. The Bertz CT molecular complexity index is 1040. The van der Waals surface area contributed by atoms with Gasteiger partial charge in [0.2, 0.25) is 6.35 Å². The van der Waals surface area contributed by atoms with E-state index in [9.17, 15) is 0 Å². The highest BCUT2D eigenvalue weighted by molar-refractivity contribution is 6.74. The first kappa shape index (κ1) is 21.7. The molecule has 4 heteroatoms. The number of hydrogen-bond acceptors (Lipinski definition) is 2. The highest BCUT2D eigenvalue weighted by Crippen LogP contribution is 2.47. The third-order valence-corrected chi connectivity index (χ3v) is 11.1. The highest BCUT2D eigenvalue weighted by Gasteiger charge is 2.44. The van der Waals surface area contributed by atoms with E-state index in [2.05, 4.69) is 128 Å². The van der Waals surface area contributed by atoms with Crippen LogP contribution < -0.4 is 4.90 Å². The van der Waals surface area contributed by atoms with E-state index in [0.29, 0.717) is 0 Å². The number of anilines is 1. The molecule has 0 bridgehead atoms. The predicted molar refractivity (Wildman–Crippen MR) is 134 cm³/mol. The summed E-state index contributed by atoms with van der Waals surface area (Å²) in [6.45, 7) is 11.8. The third kappa shape index (κ3) is 4.15. The van der Waals surface area contributed by atoms with Crippen LogP contribution in [0.15, 0.2) is 79.0 Å². The molecule has 0 amide bonds. The molecule has 2 heterocycles. The summed E-state index contributed by atoms with van der Waals surface area (Å²) in [5, 5.41) is 0.172. The van der Waals surface area contributed by atoms with Gasteiger partial charge in [-0.05, 0) is 60.5 Å². The summed E-state index contributed by atoms with van der Waals surface area (Å²) in [6.07, 6.45) is 6.54. The molecule has 0 aliphatic carbocycles. The molecular formula is C27H34N2OSi. The molecule has 2 aromatic carbocycles. The van der Waals surface area contributed by atoms with Crippen LogP contribution in [0.4, 0.5) is 5.69 Å². The number of nitrogens with zero attached hydrogens (tertiary/aromatic N) is 2. The summed E-state index contributed by atoms with van der Waals surface area (Å²) < 4.78 is 9.46. The van der Waals surface area contributed by atoms with E-state index < -0.39 is 8.32 Å². The van der Waals surface area contributed by atoms with Gasteiger partial charge < -0.3 is 8.99 Å². The average Bonchev–Trinajstić information content (AvgIpc) is 3.23. The molecule has 0 saturated carbocycles. The molecule has 1 aliphatic rings. The number of para-hydroxylation sites is 1.